The fraction of sp³-hybridized carbons (Fsp3) is 0.429. The Morgan fingerprint density at radius 2 is 2.14 bits per heavy atom. The van der Waals surface area contributed by atoms with Gasteiger partial charge in [-0.2, -0.15) is 0 Å². The minimum absolute atomic E-state index is 0.0777. The average molecular weight is 294 g/mol. The molecule has 1 saturated carbocycles. The zero-order valence-electron chi connectivity index (χ0n) is 11.5. The van der Waals surface area contributed by atoms with Crippen LogP contribution in [0.2, 0.25) is 0 Å². The van der Waals surface area contributed by atoms with Crippen molar-refractivity contribution in [1.29, 1.82) is 0 Å². The highest BCUT2D eigenvalue weighted by Gasteiger charge is 2.32. The molecule has 2 amide bonds. The standard InChI is InChI=1S/C14H18N2O5/c17-7-6-16(11-4-5-11)14(20)15-10-2-1-3-12(8-10)21-9-13(18)19/h1-3,8,11,17H,4-7,9H2,(H,15,20)(H,18,19). The molecule has 21 heavy (non-hydrogen) atoms. The van der Waals surface area contributed by atoms with E-state index in [4.69, 9.17) is 14.9 Å². The maximum Gasteiger partial charge on any atom is 0.341 e. The molecule has 114 valence electrons. The van der Waals surface area contributed by atoms with Crippen molar-refractivity contribution in [3.8, 4) is 5.75 Å². The number of carboxylic acid groups (broad SMARTS) is 1. The first kappa shape index (κ1) is 15.1. The fourth-order valence-corrected chi connectivity index (χ4v) is 1.95. The number of aliphatic hydroxyl groups is 1. The molecule has 0 aromatic heterocycles. The number of nitrogens with one attached hydrogen (secondary N) is 1. The highest BCUT2D eigenvalue weighted by Crippen LogP contribution is 2.27. The molecule has 0 aliphatic heterocycles. The molecule has 7 nitrogen and oxygen atoms in total. The van der Waals surface area contributed by atoms with Gasteiger partial charge in [0.25, 0.3) is 0 Å². The number of carbonyl (C=O) groups excluding carboxylic acids is 1. The third kappa shape index (κ3) is 4.64. The van der Waals surface area contributed by atoms with Gasteiger partial charge in [-0.25, -0.2) is 9.59 Å². The zero-order chi connectivity index (χ0) is 15.2. The van der Waals surface area contributed by atoms with Crippen molar-refractivity contribution in [2.24, 2.45) is 0 Å². The van der Waals surface area contributed by atoms with Gasteiger partial charge in [-0.1, -0.05) is 6.07 Å². The Morgan fingerprint density at radius 3 is 2.76 bits per heavy atom. The quantitative estimate of drug-likeness (QED) is 0.700. The Morgan fingerprint density at radius 1 is 1.38 bits per heavy atom. The maximum absolute atomic E-state index is 12.1. The first-order valence-corrected chi connectivity index (χ1v) is 6.73. The zero-order valence-corrected chi connectivity index (χ0v) is 11.5. The van der Waals surface area contributed by atoms with Gasteiger partial charge in [0.05, 0.1) is 6.61 Å². The molecular weight excluding hydrogens is 276 g/mol. The van der Waals surface area contributed by atoms with Crippen LogP contribution in [0.5, 0.6) is 5.75 Å². The van der Waals surface area contributed by atoms with Crippen LogP contribution >= 0.6 is 0 Å². The molecule has 3 N–H and O–H groups in total. The fourth-order valence-electron chi connectivity index (χ4n) is 1.95. The van der Waals surface area contributed by atoms with Crippen LogP contribution < -0.4 is 10.1 Å². The van der Waals surface area contributed by atoms with Crippen LogP contribution in [0.1, 0.15) is 12.8 Å². The summed E-state index contributed by atoms with van der Waals surface area (Å²) in [7, 11) is 0. The molecule has 0 saturated heterocycles. The average Bonchev–Trinajstić information content (AvgIpc) is 3.27. The van der Waals surface area contributed by atoms with Crippen molar-refractivity contribution in [3.05, 3.63) is 24.3 Å². The van der Waals surface area contributed by atoms with Gasteiger partial charge in [-0.05, 0) is 25.0 Å². The number of urea groups is 1. The van der Waals surface area contributed by atoms with E-state index < -0.39 is 12.6 Å². The van der Waals surface area contributed by atoms with Gasteiger partial charge >= 0.3 is 12.0 Å². The molecule has 0 radical (unpaired) electrons. The van der Waals surface area contributed by atoms with Crippen molar-refractivity contribution >= 4 is 17.7 Å². The topological polar surface area (TPSA) is 99.1 Å². The van der Waals surface area contributed by atoms with E-state index in [-0.39, 0.29) is 18.7 Å². The van der Waals surface area contributed by atoms with Crippen LogP contribution in [-0.4, -0.2) is 52.9 Å². The summed E-state index contributed by atoms with van der Waals surface area (Å²) in [6.07, 6.45) is 1.91. The molecule has 0 bridgehead atoms. The Hall–Kier alpha value is -2.28. The maximum atomic E-state index is 12.1. The third-order valence-corrected chi connectivity index (χ3v) is 3.04. The third-order valence-electron chi connectivity index (χ3n) is 3.04. The normalized spacial score (nSPS) is 13.6. The monoisotopic (exact) mass is 294 g/mol. The number of carboxylic acids is 1. The number of aliphatic carboxylic acids is 1. The van der Waals surface area contributed by atoms with Gasteiger partial charge in [0.2, 0.25) is 0 Å². The minimum atomic E-state index is -1.06. The van der Waals surface area contributed by atoms with Crippen molar-refractivity contribution in [2.75, 3.05) is 25.1 Å². The molecule has 0 spiro atoms. The Bertz CT molecular complexity index is 516. The van der Waals surface area contributed by atoms with E-state index in [1.54, 1.807) is 29.2 Å². The van der Waals surface area contributed by atoms with Crippen molar-refractivity contribution in [2.45, 2.75) is 18.9 Å². The second-order valence-electron chi connectivity index (χ2n) is 4.79. The summed E-state index contributed by atoms with van der Waals surface area (Å²) in [4.78, 5) is 24.2. The Kier molecular flexibility index (Phi) is 4.99. The minimum Gasteiger partial charge on any atom is -0.482 e. The number of aliphatic hydroxyl groups excluding tert-OH is 1. The lowest BCUT2D eigenvalue weighted by molar-refractivity contribution is -0.139. The van der Waals surface area contributed by atoms with Crippen LogP contribution in [0.3, 0.4) is 0 Å². The summed E-state index contributed by atoms with van der Waals surface area (Å²) in [5.41, 5.74) is 0.520. The van der Waals surface area contributed by atoms with Crippen molar-refractivity contribution in [1.82, 2.24) is 4.90 Å². The lowest BCUT2D eigenvalue weighted by Crippen LogP contribution is -2.38. The molecule has 1 aromatic rings. The van der Waals surface area contributed by atoms with Gasteiger partial charge < -0.3 is 25.2 Å². The van der Waals surface area contributed by atoms with Gasteiger partial charge in [-0.3, -0.25) is 0 Å². The van der Waals surface area contributed by atoms with Crippen molar-refractivity contribution < 1.29 is 24.5 Å². The molecule has 1 aromatic carbocycles. The molecule has 0 heterocycles. The van der Waals surface area contributed by atoms with Crippen molar-refractivity contribution in [3.63, 3.8) is 0 Å². The second kappa shape index (κ2) is 6.94. The first-order chi connectivity index (χ1) is 10.1. The van der Waals surface area contributed by atoms with E-state index in [1.807, 2.05) is 0 Å². The number of amides is 2. The predicted molar refractivity (Wildman–Crippen MR) is 75.4 cm³/mol. The SMILES string of the molecule is O=C(O)COc1cccc(NC(=O)N(CCO)C2CC2)c1. The van der Waals surface area contributed by atoms with Gasteiger partial charge in [-0.15, -0.1) is 0 Å². The molecule has 1 aliphatic carbocycles. The molecule has 7 heteroatoms. The predicted octanol–water partition coefficient (Wildman–Crippen LogP) is 1.14. The summed E-state index contributed by atoms with van der Waals surface area (Å²) in [6.45, 7) is -0.215. The number of ether oxygens (including phenoxy) is 1. The number of anilines is 1. The van der Waals surface area contributed by atoms with E-state index in [1.165, 1.54) is 0 Å². The number of hydrogen-bond donors (Lipinski definition) is 3. The van der Waals surface area contributed by atoms with E-state index in [9.17, 15) is 9.59 Å². The van der Waals surface area contributed by atoms with E-state index in [0.717, 1.165) is 12.8 Å². The van der Waals surface area contributed by atoms with E-state index >= 15 is 0 Å². The summed E-state index contributed by atoms with van der Waals surface area (Å²) in [5.74, 6) is -0.692. The van der Waals surface area contributed by atoms with E-state index in [0.29, 0.717) is 18.0 Å². The highest BCUT2D eigenvalue weighted by atomic mass is 16.5. The smallest absolute Gasteiger partial charge is 0.341 e. The number of nitrogens with zero attached hydrogens (tertiary/aromatic N) is 1. The van der Waals surface area contributed by atoms with Gasteiger partial charge in [0.15, 0.2) is 6.61 Å². The summed E-state index contributed by atoms with van der Waals surface area (Å²) in [6, 6.07) is 6.46. The lowest BCUT2D eigenvalue weighted by Gasteiger charge is -2.21. The molecule has 1 aliphatic rings. The van der Waals surface area contributed by atoms with Crippen LogP contribution in [0.15, 0.2) is 24.3 Å². The molecule has 1 fully saturated rings. The summed E-state index contributed by atoms with van der Waals surface area (Å²) >= 11 is 0. The first-order valence-electron chi connectivity index (χ1n) is 6.73. The van der Waals surface area contributed by atoms with Crippen LogP contribution in [0.25, 0.3) is 0 Å². The number of benzene rings is 1. The van der Waals surface area contributed by atoms with Gasteiger partial charge in [0.1, 0.15) is 5.75 Å². The summed E-state index contributed by atoms with van der Waals surface area (Å²) in [5, 5.41) is 20.3. The van der Waals surface area contributed by atoms with Crippen LogP contribution in [0.4, 0.5) is 10.5 Å². The highest BCUT2D eigenvalue weighted by molar-refractivity contribution is 5.90. The van der Waals surface area contributed by atoms with Crippen LogP contribution in [-0.2, 0) is 4.79 Å². The largest absolute Gasteiger partial charge is 0.482 e. The number of rotatable bonds is 7. The second-order valence-corrected chi connectivity index (χ2v) is 4.79. The number of hydrogen-bond acceptors (Lipinski definition) is 4. The van der Waals surface area contributed by atoms with E-state index in [2.05, 4.69) is 5.32 Å². The molecule has 0 atom stereocenters. The molecular formula is C14H18N2O5. The Balaban J connectivity index is 1.96. The Labute approximate surface area is 122 Å². The lowest BCUT2D eigenvalue weighted by atomic mass is 10.3. The number of carbonyl (C=O) groups is 2. The molecule has 0 unspecified atom stereocenters. The van der Waals surface area contributed by atoms with Crippen LogP contribution in [0, 0.1) is 0 Å². The van der Waals surface area contributed by atoms with Gasteiger partial charge in [0, 0.05) is 24.3 Å². The molecule has 2 rings (SSSR count). The summed E-state index contributed by atoms with van der Waals surface area (Å²) < 4.78 is 5.05.